The van der Waals surface area contributed by atoms with Gasteiger partial charge in [0.1, 0.15) is 0 Å². The van der Waals surface area contributed by atoms with Gasteiger partial charge in [-0.25, -0.2) is 17.2 Å². The summed E-state index contributed by atoms with van der Waals surface area (Å²) in [6, 6.07) is 15.3. The predicted molar refractivity (Wildman–Crippen MR) is 122 cm³/mol. The highest BCUT2D eigenvalue weighted by atomic mass is 32.2. The van der Waals surface area contributed by atoms with Crippen LogP contribution in [0.1, 0.15) is 35.7 Å². The maximum Gasteiger partial charge on any atom is 0.261 e. The van der Waals surface area contributed by atoms with E-state index in [1.54, 1.807) is 12.1 Å². The molecule has 0 aromatic heterocycles. The van der Waals surface area contributed by atoms with Crippen molar-refractivity contribution in [3.05, 3.63) is 89.5 Å². The molecule has 1 amide bonds. The van der Waals surface area contributed by atoms with Crippen LogP contribution in [0.2, 0.25) is 0 Å². The standard InChI is InChI=1S/C24H22F2N2O4S/c1-2-16-3-5-17(6-4-16)23(29)13-14-24(30)27-18-7-9-19(10-8-18)28-33(31,32)20-11-12-21(25)22(26)15-20/h3-12,15,28H,2,13-14H2,1H3,(H,27,30). The number of carbonyl (C=O) groups excluding carboxylic acids is 2. The van der Waals surface area contributed by atoms with Crippen molar-refractivity contribution < 1.29 is 26.8 Å². The number of hydrogen-bond donors (Lipinski definition) is 2. The highest BCUT2D eigenvalue weighted by Gasteiger charge is 2.17. The summed E-state index contributed by atoms with van der Waals surface area (Å²) in [6.45, 7) is 2.02. The molecule has 0 saturated carbocycles. The summed E-state index contributed by atoms with van der Waals surface area (Å²) in [5.74, 6) is -2.91. The molecule has 0 aliphatic carbocycles. The average molecular weight is 473 g/mol. The van der Waals surface area contributed by atoms with Crippen molar-refractivity contribution in [1.29, 1.82) is 0 Å². The van der Waals surface area contributed by atoms with Gasteiger partial charge in [-0.2, -0.15) is 0 Å². The van der Waals surface area contributed by atoms with E-state index in [9.17, 15) is 26.8 Å². The summed E-state index contributed by atoms with van der Waals surface area (Å²) < 4.78 is 53.3. The first-order chi connectivity index (χ1) is 15.7. The number of ketones is 1. The molecule has 0 atom stereocenters. The predicted octanol–water partition coefficient (Wildman–Crippen LogP) is 4.93. The second-order valence-electron chi connectivity index (χ2n) is 7.28. The van der Waals surface area contributed by atoms with E-state index in [1.807, 2.05) is 19.1 Å². The maximum absolute atomic E-state index is 13.3. The minimum atomic E-state index is -4.12. The topological polar surface area (TPSA) is 92.3 Å². The molecule has 0 fully saturated rings. The van der Waals surface area contributed by atoms with Crippen LogP contribution in [0.4, 0.5) is 20.2 Å². The Balaban J connectivity index is 1.54. The molecule has 0 saturated heterocycles. The molecule has 0 aliphatic heterocycles. The number of benzene rings is 3. The van der Waals surface area contributed by atoms with Gasteiger partial charge in [0.05, 0.1) is 4.90 Å². The van der Waals surface area contributed by atoms with Crippen molar-refractivity contribution in [1.82, 2.24) is 0 Å². The summed E-state index contributed by atoms with van der Waals surface area (Å²) in [7, 11) is -4.12. The molecular formula is C24H22F2N2O4S. The van der Waals surface area contributed by atoms with Crippen LogP contribution in [0.5, 0.6) is 0 Å². The Morgan fingerprint density at radius 3 is 2.06 bits per heavy atom. The van der Waals surface area contributed by atoms with Crippen LogP contribution in [-0.4, -0.2) is 20.1 Å². The molecule has 0 heterocycles. The van der Waals surface area contributed by atoms with Crippen LogP contribution in [0.15, 0.2) is 71.6 Å². The molecule has 0 radical (unpaired) electrons. The van der Waals surface area contributed by atoms with Crippen LogP contribution >= 0.6 is 0 Å². The van der Waals surface area contributed by atoms with Crippen molar-refractivity contribution in [2.45, 2.75) is 31.1 Å². The number of anilines is 2. The second kappa shape index (κ2) is 10.4. The molecular weight excluding hydrogens is 450 g/mol. The lowest BCUT2D eigenvalue weighted by Gasteiger charge is -2.10. The number of sulfonamides is 1. The second-order valence-corrected chi connectivity index (χ2v) is 8.96. The molecule has 33 heavy (non-hydrogen) atoms. The lowest BCUT2D eigenvalue weighted by molar-refractivity contribution is -0.116. The number of halogens is 2. The Labute approximate surface area is 190 Å². The van der Waals surface area contributed by atoms with Gasteiger partial charge in [-0.3, -0.25) is 14.3 Å². The van der Waals surface area contributed by atoms with E-state index in [0.717, 1.165) is 24.1 Å². The van der Waals surface area contributed by atoms with E-state index in [1.165, 1.54) is 24.3 Å². The van der Waals surface area contributed by atoms with Crippen molar-refractivity contribution in [2.24, 2.45) is 0 Å². The van der Waals surface area contributed by atoms with Crippen molar-refractivity contribution in [3.63, 3.8) is 0 Å². The number of nitrogens with one attached hydrogen (secondary N) is 2. The molecule has 172 valence electrons. The van der Waals surface area contributed by atoms with Gasteiger partial charge in [-0.05, 0) is 54.4 Å². The van der Waals surface area contributed by atoms with Gasteiger partial charge < -0.3 is 5.32 Å². The van der Waals surface area contributed by atoms with E-state index in [4.69, 9.17) is 0 Å². The van der Waals surface area contributed by atoms with Crippen LogP contribution in [0, 0.1) is 11.6 Å². The summed E-state index contributed by atoms with van der Waals surface area (Å²) in [6.07, 6.45) is 0.935. The first kappa shape index (κ1) is 24.1. The van der Waals surface area contributed by atoms with Crippen LogP contribution in [0.25, 0.3) is 0 Å². The molecule has 0 spiro atoms. The lowest BCUT2D eigenvalue weighted by atomic mass is 10.0. The SMILES string of the molecule is CCc1ccc(C(=O)CCC(=O)Nc2ccc(NS(=O)(=O)c3ccc(F)c(F)c3)cc2)cc1. The fraction of sp³-hybridized carbons (Fsp3) is 0.167. The Morgan fingerprint density at radius 2 is 1.45 bits per heavy atom. The van der Waals surface area contributed by atoms with Gasteiger partial charge in [-0.1, -0.05) is 31.2 Å². The summed E-state index contributed by atoms with van der Waals surface area (Å²) >= 11 is 0. The number of carbonyl (C=O) groups is 2. The van der Waals surface area contributed by atoms with Crippen molar-refractivity contribution >= 4 is 33.1 Å². The van der Waals surface area contributed by atoms with Crippen LogP contribution < -0.4 is 10.0 Å². The zero-order valence-electron chi connectivity index (χ0n) is 17.8. The summed E-state index contributed by atoms with van der Waals surface area (Å²) in [5.41, 5.74) is 2.26. The van der Waals surface area contributed by atoms with Crippen LogP contribution in [0.3, 0.4) is 0 Å². The Hall–Kier alpha value is -3.59. The van der Waals surface area contributed by atoms with Gasteiger partial charge in [-0.15, -0.1) is 0 Å². The van der Waals surface area contributed by atoms with Gasteiger partial charge in [0.2, 0.25) is 5.91 Å². The highest BCUT2D eigenvalue weighted by molar-refractivity contribution is 7.92. The van der Waals surface area contributed by atoms with Crippen molar-refractivity contribution in [3.8, 4) is 0 Å². The Kier molecular flexibility index (Phi) is 7.55. The van der Waals surface area contributed by atoms with Gasteiger partial charge in [0.25, 0.3) is 10.0 Å². The zero-order chi connectivity index (χ0) is 24.0. The Bertz CT molecular complexity index is 1260. The largest absolute Gasteiger partial charge is 0.326 e. The van der Waals surface area contributed by atoms with Crippen LogP contribution in [-0.2, 0) is 21.2 Å². The van der Waals surface area contributed by atoms with Gasteiger partial charge in [0, 0.05) is 29.8 Å². The highest BCUT2D eigenvalue weighted by Crippen LogP contribution is 2.20. The smallest absolute Gasteiger partial charge is 0.261 e. The molecule has 3 aromatic rings. The number of amides is 1. The van der Waals surface area contributed by atoms with E-state index < -0.39 is 26.6 Å². The summed E-state index contributed by atoms with van der Waals surface area (Å²) in [5, 5.41) is 2.64. The average Bonchev–Trinajstić information content (AvgIpc) is 2.80. The zero-order valence-corrected chi connectivity index (χ0v) is 18.6. The number of Topliss-reactive ketones (excluding diaryl/α,β-unsaturated/α-hetero) is 1. The first-order valence-electron chi connectivity index (χ1n) is 10.2. The minimum Gasteiger partial charge on any atom is -0.326 e. The van der Waals surface area contributed by atoms with E-state index in [0.29, 0.717) is 17.3 Å². The third kappa shape index (κ3) is 6.45. The van der Waals surface area contributed by atoms with E-state index in [2.05, 4.69) is 10.0 Å². The van der Waals surface area contributed by atoms with Gasteiger partial charge >= 0.3 is 0 Å². The lowest BCUT2D eigenvalue weighted by Crippen LogP contribution is -2.14. The first-order valence-corrected chi connectivity index (χ1v) is 11.7. The molecule has 0 aliphatic rings. The maximum atomic E-state index is 13.3. The third-order valence-electron chi connectivity index (χ3n) is 4.89. The number of aryl methyl sites for hydroxylation is 1. The summed E-state index contributed by atoms with van der Waals surface area (Å²) in [4.78, 5) is 24.0. The van der Waals surface area contributed by atoms with E-state index in [-0.39, 0.29) is 30.2 Å². The molecule has 9 heteroatoms. The fourth-order valence-electron chi connectivity index (χ4n) is 3.00. The molecule has 3 rings (SSSR count). The number of hydrogen-bond acceptors (Lipinski definition) is 4. The van der Waals surface area contributed by atoms with Gasteiger partial charge in [0.15, 0.2) is 17.4 Å². The van der Waals surface area contributed by atoms with Crippen molar-refractivity contribution in [2.75, 3.05) is 10.0 Å². The molecule has 0 unspecified atom stereocenters. The minimum absolute atomic E-state index is 0.00112. The third-order valence-corrected chi connectivity index (χ3v) is 6.26. The Morgan fingerprint density at radius 1 is 0.818 bits per heavy atom. The normalized spacial score (nSPS) is 11.1. The molecule has 2 N–H and O–H groups in total. The monoisotopic (exact) mass is 472 g/mol. The van der Waals surface area contributed by atoms with E-state index >= 15 is 0 Å². The molecule has 0 bridgehead atoms. The quantitative estimate of drug-likeness (QED) is 0.432. The fourth-order valence-corrected chi connectivity index (χ4v) is 4.07. The molecule has 3 aromatic carbocycles. The molecule has 6 nitrogen and oxygen atoms in total. The number of rotatable bonds is 9.